The van der Waals surface area contributed by atoms with E-state index >= 15 is 0 Å². The highest BCUT2D eigenvalue weighted by atomic mass is 16.5. The van der Waals surface area contributed by atoms with Crippen molar-refractivity contribution in [3.05, 3.63) is 54.6 Å². The zero-order valence-corrected chi connectivity index (χ0v) is 14.7. The van der Waals surface area contributed by atoms with Crippen LogP contribution in [0.15, 0.2) is 47.5 Å². The summed E-state index contributed by atoms with van der Waals surface area (Å²) in [6, 6.07) is 5.77. The van der Waals surface area contributed by atoms with Crippen molar-refractivity contribution in [2.45, 2.75) is 19.4 Å². The second-order valence-corrected chi connectivity index (χ2v) is 6.71. The fourth-order valence-electron chi connectivity index (χ4n) is 3.47. The number of ketones is 1. The SMILES string of the molecule is Cn1ccnc1C(=O)C1CCCN(Cc2cc(-c3ccncc3)no2)C1. The van der Waals surface area contributed by atoms with E-state index in [0.29, 0.717) is 12.4 Å². The molecule has 0 aliphatic carbocycles. The Morgan fingerprint density at radius 2 is 2.15 bits per heavy atom. The van der Waals surface area contributed by atoms with Crippen LogP contribution in [0.25, 0.3) is 11.3 Å². The van der Waals surface area contributed by atoms with E-state index in [0.717, 1.165) is 42.9 Å². The Balaban J connectivity index is 1.42. The molecule has 4 heterocycles. The summed E-state index contributed by atoms with van der Waals surface area (Å²) in [4.78, 5) is 23.2. The summed E-state index contributed by atoms with van der Waals surface area (Å²) >= 11 is 0. The molecule has 0 aromatic carbocycles. The minimum absolute atomic E-state index is 0.0209. The summed E-state index contributed by atoms with van der Waals surface area (Å²) in [5, 5.41) is 4.15. The molecule has 0 N–H and O–H groups in total. The lowest BCUT2D eigenvalue weighted by Crippen LogP contribution is -2.38. The van der Waals surface area contributed by atoms with E-state index in [1.54, 1.807) is 23.2 Å². The van der Waals surface area contributed by atoms with Gasteiger partial charge in [0, 0.05) is 55.9 Å². The molecule has 0 amide bonds. The number of rotatable bonds is 5. The highest BCUT2D eigenvalue weighted by Gasteiger charge is 2.29. The second-order valence-electron chi connectivity index (χ2n) is 6.71. The van der Waals surface area contributed by atoms with E-state index < -0.39 is 0 Å². The third kappa shape index (κ3) is 3.43. The minimum Gasteiger partial charge on any atom is -0.359 e. The highest BCUT2D eigenvalue weighted by Crippen LogP contribution is 2.23. The number of Topliss-reactive ketones (excluding diaryl/α,β-unsaturated/α-hetero) is 1. The molecule has 1 aliphatic rings. The van der Waals surface area contributed by atoms with Crippen molar-refractivity contribution in [1.29, 1.82) is 0 Å². The van der Waals surface area contributed by atoms with Crippen LogP contribution in [0.3, 0.4) is 0 Å². The number of likely N-dealkylation sites (tertiary alicyclic amines) is 1. The molecule has 26 heavy (non-hydrogen) atoms. The molecule has 1 atom stereocenters. The van der Waals surface area contributed by atoms with Crippen LogP contribution in [-0.4, -0.2) is 43.5 Å². The van der Waals surface area contributed by atoms with Crippen molar-refractivity contribution in [1.82, 2.24) is 24.6 Å². The Bertz CT molecular complexity index is 886. The van der Waals surface area contributed by atoms with Gasteiger partial charge in [0.15, 0.2) is 11.6 Å². The molecule has 4 rings (SSSR count). The number of hydrogen-bond donors (Lipinski definition) is 0. The number of carbonyl (C=O) groups is 1. The van der Waals surface area contributed by atoms with Crippen molar-refractivity contribution >= 4 is 5.78 Å². The van der Waals surface area contributed by atoms with Gasteiger partial charge in [0.2, 0.25) is 5.78 Å². The average molecular weight is 351 g/mol. The molecule has 0 saturated carbocycles. The van der Waals surface area contributed by atoms with Gasteiger partial charge in [-0.2, -0.15) is 0 Å². The normalized spacial score (nSPS) is 18.1. The molecule has 1 aliphatic heterocycles. The molecule has 0 radical (unpaired) electrons. The smallest absolute Gasteiger partial charge is 0.202 e. The number of aryl methyl sites for hydroxylation is 1. The maximum atomic E-state index is 12.7. The molecular weight excluding hydrogens is 330 g/mol. The maximum absolute atomic E-state index is 12.7. The predicted octanol–water partition coefficient (Wildman–Crippen LogP) is 2.57. The number of carbonyl (C=O) groups excluding carboxylic acids is 1. The summed E-state index contributed by atoms with van der Waals surface area (Å²) in [6.45, 7) is 2.33. The Labute approximate surface area is 151 Å². The highest BCUT2D eigenvalue weighted by molar-refractivity contribution is 5.94. The Morgan fingerprint density at radius 1 is 1.31 bits per heavy atom. The fraction of sp³-hybridized carbons (Fsp3) is 0.368. The first-order valence-corrected chi connectivity index (χ1v) is 8.80. The van der Waals surface area contributed by atoms with Crippen molar-refractivity contribution < 1.29 is 9.32 Å². The number of nitrogens with zero attached hydrogens (tertiary/aromatic N) is 5. The van der Waals surface area contributed by atoms with Crippen molar-refractivity contribution in [3.63, 3.8) is 0 Å². The topological polar surface area (TPSA) is 77.1 Å². The predicted molar refractivity (Wildman–Crippen MR) is 95.3 cm³/mol. The van der Waals surface area contributed by atoms with Gasteiger partial charge in [-0.1, -0.05) is 5.16 Å². The van der Waals surface area contributed by atoms with Gasteiger partial charge in [0.05, 0.1) is 6.54 Å². The van der Waals surface area contributed by atoms with Gasteiger partial charge in [-0.05, 0) is 31.5 Å². The standard InChI is InChI=1S/C19H21N5O2/c1-23-10-8-21-19(23)18(25)15-3-2-9-24(12-15)13-16-11-17(22-26-16)14-4-6-20-7-5-14/h4-8,10-11,15H,2-3,9,12-13H2,1H3. The summed E-state index contributed by atoms with van der Waals surface area (Å²) in [7, 11) is 1.86. The first-order valence-electron chi connectivity index (χ1n) is 8.80. The largest absolute Gasteiger partial charge is 0.359 e. The number of piperidine rings is 1. The summed E-state index contributed by atoms with van der Waals surface area (Å²) < 4.78 is 7.29. The molecule has 1 saturated heterocycles. The van der Waals surface area contributed by atoms with Crippen molar-refractivity contribution in [3.8, 4) is 11.3 Å². The van der Waals surface area contributed by atoms with E-state index in [-0.39, 0.29) is 11.7 Å². The van der Waals surface area contributed by atoms with Gasteiger partial charge < -0.3 is 9.09 Å². The second kappa shape index (κ2) is 7.21. The Kier molecular flexibility index (Phi) is 4.62. The van der Waals surface area contributed by atoms with E-state index in [2.05, 4.69) is 20.0 Å². The van der Waals surface area contributed by atoms with Crippen LogP contribution in [0.2, 0.25) is 0 Å². The maximum Gasteiger partial charge on any atom is 0.202 e. The molecule has 7 nitrogen and oxygen atoms in total. The van der Waals surface area contributed by atoms with Crippen LogP contribution in [0, 0.1) is 5.92 Å². The first-order chi connectivity index (χ1) is 12.7. The minimum atomic E-state index is -0.0209. The lowest BCUT2D eigenvalue weighted by atomic mass is 9.93. The molecular formula is C19H21N5O2. The molecule has 134 valence electrons. The molecule has 0 bridgehead atoms. The molecule has 1 unspecified atom stereocenters. The number of hydrogen-bond acceptors (Lipinski definition) is 6. The molecule has 7 heteroatoms. The van der Waals surface area contributed by atoms with Crippen LogP contribution in [-0.2, 0) is 13.6 Å². The van der Waals surface area contributed by atoms with Crippen LogP contribution in [0.5, 0.6) is 0 Å². The van der Waals surface area contributed by atoms with Crippen LogP contribution >= 0.6 is 0 Å². The average Bonchev–Trinajstić information content (AvgIpc) is 3.31. The first kappa shape index (κ1) is 16.7. The molecule has 1 fully saturated rings. The van der Waals surface area contributed by atoms with Crippen molar-refractivity contribution in [2.75, 3.05) is 13.1 Å². The van der Waals surface area contributed by atoms with Crippen LogP contribution in [0.4, 0.5) is 0 Å². The Hall–Kier alpha value is -2.80. The zero-order chi connectivity index (χ0) is 17.9. The van der Waals surface area contributed by atoms with Crippen molar-refractivity contribution in [2.24, 2.45) is 13.0 Å². The van der Waals surface area contributed by atoms with Gasteiger partial charge in [0.1, 0.15) is 5.69 Å². The summed E-state index contributed by atoms with van der Waals surface area (Å²) in [5.74, 6) is 1.45. The molecule has 3 aromatic heterocycles. The van der Waals surface area contributed by atoms with Gasteiger partial charge in [-0.3, -0.25) is 14.7 Å². The lowest BCUT2D eigenvalue weighted by Gasteiger charge is -2.30. The number of imidazole rings is 1. The quantitative estimate of drug-likeness (QED) is 0.658. The van der Waals surface area contributed by atoms with Gasteiger partial charge in [-0.15, -0.1) is 0 Å². The van der Waals surface area contributed by atoms with Gasteiger partial charge in [0.25, 0.3) is 0 Å². The van der Waals surface area contributed by atoms with E-state index in [9.17, 15) is 4.79 Å². The molecule has 3 aromatic rings. The van der Waals surface area contributed by atoms with E-state index in [4.69, 9.17) is 4.52 Å². The zero-order valence-electron chi connectivity index (χ0n) is 14.7. The van der Waals surface area contributed by atoms with Crippen LogP contribution in [0.1, 0.15) is 29.2 Å². The molecule has 0 spiro atoms. The van der Waals surface area contributed by atoms with Gasteiger partial charge in [-0.25, -0.2) is 4.98 Å². The van der Waals surface area contributed by atoms with Crippen LogP contribution < -0.4 is 0 Å². The summed E-state index contributed by atoms with van der Waals surface area (Å²) in [6.07, 6.45) is 8.85. The Morgan fingerprint density at radius 3 is 2.92 bits per heavy atom. The monoisotopic (exact) mass is 351 g/mol. The van der Waals surface area contributed by atoms with E-state index in [1.165, 1.54) is 0 Å². The summed E-state index contributed by atoms with van der Waals surface area (Å²) in [5.41, 5.74) is 1.79. The van der Waals surface area contributed by atoms with E-state index in [1.807, 2.05) is 31.4 Å². The lowest BCUT2D eigenvalue weighted by molar-refractivity contribution is 0.0786. The third-order valence-electron chi connectivity index (χ3n) is 4.83. The number of aromatic nitrogens is 4. The fourth-order valence-corrected chi connectivity index (χ4v) is 3.47. The number of pyridine rings is 1. The van der Waals surface area contributed by atoms with Gasteiger partial charge >= 0.3 is 0 Å². The third-order valence-corrected chi connectivity index (χ3v) is 4.83.